The van der Waals surface area contributed by atoms with Crippen molar-refractivity contribution < 1.29 is 24.7 Å². The molecular weight excluding hydrogens is 340 g/mol. The van der Waals surface area contributed by atoms with Gasteiger partial charge in [0.2, 0.25) is 5.75 Å². The first-order valence-corrected chi connectivity index (χ1v) is 6.43. The summed E-state index contributed by atoms with van der Waals surface area (Å²) >= 11 is 0. The van der Waals surface area contributed by atoms with E-state index in [0.29, 0.717) is 12.1 Å². The number of nitrogens with one attached hydrogen (secondary N) is 1. The molecule has 2 aromatic carbocycles. The van der Waals surface area contributed by atoms with Gasteiger partial charge in [-0.25, -0.2) is 0 Å². The Balaban J connectivity index is 2.51. The van der Waals surface area contributed by atoms with Crippen LogP contribution in [0.15, 0.2) is 36.4 Å². The van der Waals surface area contributed by atoms with Gasteiger partial charge in [0, 0.05) is 12.1 Å². The van der Waals surface area contributed by atoms with Crippen LogP contribution in [0.1, 0.15) is 10.4 Å². The number of phenols is 1. The van der Waals surface area contributed by atoms with Gasteiger partial charge in [0.15, 0.2) is 0 Å². The van der Waals surface area contributed by atoms with E-state index in [9.17, 15) is 40.2 Å². The van der Waals surface area contributed by atoms with E-state index in [1.165, 1.54) is 18.2 Å². The maximum absolute atomic E-state index is 12.2. The molecular formula is C13H8N4O8. The third kappa shape index (κ3) is 3.47. The Morgan fingerprint density at radius 2 is 1.52 bits per heavy atom. The molecule has 2 aromatic rings. The quantitative estimate of drug-likeness (QED) is 0.610. The predicted octanol–water partition coefficient (Wildman–Crippen LogP) is 2.37. The first-order valence-electron chi connectivity index (χ1n) is 6.43. The summed E-state index contributed by atoms with van der Waals surface area (Å²) in [6, 6.07) is 6.16. The van der Waals surface area contributed by atoms with Gasteiger partial charge in [-0.05, 0) is 6.07 Å². The van der Waals surface area contributed by atoms with Gasteiger partial charge in [0.05, 0.1) is 26.4 Å². The summed E-state index contributed by atoms with van der Waals surface area (Å²) in [4.78, 5) is 42.0. The minimum absolute atomic E-state index is 0.244. The first-order chi connectivity index (χ1) is 11.7. The topological polar surface area (TPSA) is 179 Å². The van der Waals surface area contributed by atoms with Crippen LogP contribution in [0.4, 0.5) is 22.7 Å². The lowest BCUT2D eigenvalue weighted by Crippen LogP contribution is -2.14. The van der Waals surface area contributed by atoms with Crippen molar-refractivity contribution in [2.75, 3.05) is 5.32 Å². The third-order valence-electron chi connectivity index (χ3n) is 3.08. The Morgan fingerprint density at radius 1 is 0.920 bits per heavy atom. The number of non-ortho nitro benzene ring substituents is 1. The number of amides is 1. The number of para-hydroxylation sites is 2. The van der Waals surface area contributed by atoms with E-state index in [-0.39, 0.29) is 5.69 Å². The number of hydrogen-bond acceptors (Lipinski definition) is 8. The fourth-order valence-corrected chi connectivity index (χ4v) is 1.95. The molecule has 12 heteroatoms. The highest BCUT2D eigenvalue weighted by Gasteiger charge is 2.28. The van der Waals surface area contributed by atoms with Crippen LogP contribution in [0.2, 0.25) is 0 Å². The number of nitro benzene ring substituents is 3. The SMILES string of the molecule is O=C(Nc1ccccc1[N+](=O)[O-])c1cc([N+](=O)[O-])cc([N+](=O)[O-])c1O. The molecule has 0 bridgehead atoms. The van der Waals surface area contributed by atoms with Crippen molar-refractivity contribution >= 4 is 28.7 Å². The molecule has 0 aliphatic rings. The standard InChI is InChI=1S/C13H8N4O8/c18-12-8(5-7(15(20)21)6-11(12)17(24)25)13(19)14-9-3-1-2-4-10(9)16(22)23/h1-6,18H,(H,14,19). The van der Waals surface area contributed by atoms with E-state index in [4.69, 9.17) is 0 Å². The Morgan fingerprint density at radius 3 is 2.08 bits per heavy atom. The number of aromatic hydroxyl groups is 1. The molecule has 0 fully saturated rings. The first kappa shape index (κ1) is 17.3. The van der Waals surface area contributed by atoms with Gasteiger partial charge >= 0.3 is 5.69 Å². The number of nitrogens with zero attached hydrogens (tertiary/aromatic N) is 3. The average Bonchev–Trinajstić information content (AvgIpc) is 2.54. The van der Waals surface area contributed by atoms with Gasteiger partial charge in [-0.3, -0.25) is 35.1 Å². The monoisotopic (exact) mass is 348 g/mol. The molecule has 12 nitrogen and oxygen atoms in total. The van der Waals surface area contributed by atoms with Gasteiger partial charge < -0.3 is 10.4 Å². The van der Waals surface area contributed by atoms with Crippen molar-refractivity contribution in [3.63, 3.8) is 0 Å². The summed E-state index contributed by atoms with van der Waals surface area (Å²) in [6.07, 6.45) is 0. The van der Waals surface area contributed by atoms with Crippen LogP contribution < -0.4 is 5.32 Å². The predicted molar refractivity (Wildman–Crippen MR) is 82.5 cm³/mol. The number of rotatable bonds is 5. The van der Waals surface area contributed by atoms with Crippen LogP contribution >= 0.6 is 0 Å². The molecule has 0 heterocycles. The maximum Gasteiger partial charge on any atom is 0.318 e. The van der Waals surface area contributed by atoms with E-state index >= 15 is 0 Å². The molecule has 0 aromatic heterocycles. The molecule has 0 saturated carbocycles. The Hall–Kier alpha value is -4.09. The lowest BCUT2D eigenvalue weighted by molar-refractivity contribution is -0.394. The zero-order valence-corrected chi connectivity index (χ0v) is 12.1. The zero-order valence-electron chi connectivity index (χ0n) is 12.1. The summed E-state index contributed by atoms with van der Waals surface area (Å²) in [7, 11) is 0. The number of benzene rings is 2. The van der Waals surface area contributed by atoms with Crippen LogP contribution in [-0.2, 0) is 0 Å². The van der Waals surface area contributed by atoms with Gasteiger partial charge in [-0.2, -0.15) is 0 Å². The maximum atomic E-state index is 12.2. The average molecular weight is 348 g/mol. The molecule has 0 atom stereocenters. The third-order valence-corrected chi connectivity index (χ3v) is 3.08. The summed E-state index contributed by atoms with van der Waals surface area (Å²) in [5.74, 6) is -2.27. The van der Waals surface area contributed by atoms with Crippen LogP contribution in [0.25, 0.3) is 0 Å². The van der Waals surface area contributed by atoms with Crippen molar-refractivity contribution in [2.24, 2.45) is 0 Å². The largest absolute Gasteiger partial charge is 0.502 e. The molecule has 0 radical (unpaired) electrons. The summed E-state index contributed by atoms with van der Waals surface area (Å²) in [6.45, 7) is 0. The van der Waals surface area contributed by atoms with E-state index in [1.54, 1.807) is 0 Å². The molecule has 25 heavy (non-hydrogen) atoms. The number of nitro groups is 3. The van der Waals surface area contributed by atoms with Gasteiger partial charge in [0.1, 0.15) is 5.69 Å². The smallest absolute Gasteiger partial charge is 0.318 e. The molecule has 128 valence electrons. The summed E-state index contributed by atoms with van der Waals surface area (Å²) < 4.78 is 0. The van der Waals surface area contributed by atoms with Crippen molar-refractivity contribution in [3.8, 4) is 5.75 Å². The van der Waals surface area contributed by atoms with Crippen LogP contribution in [-0.4, -0.2) is 25.8 Å². The van der Waals surface area contributed by atoms with Crippen molar-refractivity contribution in [3.05, 3.63) is 72.3 Å². The molecule has 0 aliphatic heterocycles. The molecule has 0 aliphatic carbocycles. The number of phenolic OH excluding ortho intramolecular Hbond substituents is 1. The fourth-order valence-electron chi connectivity index (χ4n) is 1.95. The Kier molecular flexibility index (Phi) is 4.54. The molecule has 2 rings (SSSR count). The number of carbonyl (C=O) groups is 1. The van der Waals surface area contributed by atoms with Gasteiger partial charge in [-0.1, -0.05) is 12.1 Å². The zero-order chi connectivity index (χ0) is 18.7. The molecule has 2 N–H and O–H groups in total. The second kappa shape index (κ2) is 6.57. The van der Waals surface area contributed by atoms with Crippen LogP contribution in [0, 0.1) is 30.3 Å². The normalized spacial score (nSPS) is 10.1. The number of carbonyl (C=O) groups excluding carboxylic acids is 1. The second-order valence-corrected chi connectivity index (χ2v) is 4.60. The minimum Gasteiger partial charge on any atom is -0.502 e. The van der Waals surface area contributed by atoms with E-state index in [2.05, 4.69) is 5.32 Å². The Bertz CT molecular complexity index is 911. The molecule has 0 saturated heterocycles. The highest BCUT2D eigenvalue weighted by atomic mass is 16.6. The Labute approximate surface area is 137 Å². The summed E-state index contributed by atoms with van der Waals surface area (Å²) in [5, 5.41) is 44.6. The minimum atomic E-state index is -1.18. The second-order valence-electron chi connectivity index (χ2n) is 4.60. The fraction of sp³-hybridized carbons (Fsp3) is 0. The molecule has 0 spiro atoms. The molecule has 1 amide bonds. The highest BCUT2D eigenvalue weighted by Crippen LogP contribution is 2.35. The number of anilines is 1. The van der Waals surface area contributed by atoms with Crippen LogP contribution in [0.5, 0.6) is 5.75 Å². The van der Waals surface area contributed by atoms with Crippen molar-refractivity contribution in [2.45, 2.75) is 0 Å². The van der Waals surface area contributed by atoms with E-state index in [1.807, 2.05) is 0 Å². The van der Waals surface area contributed by atoms with E-state index < -0.39 is 49.1 Å². The summed E-state index contributed by atoms with van der Waals surface area (Å²) in [5.41, 5.74) is -3.31. The van der Waals surface area contributed by atoms with Gasteiger partial charge in [0.25, 0.3) is 17.3 Å². The lowest BCUT2D eigenvalue weighted by atomic mass is 10.1. The van der Waals surface area contributed by atoms with Crippen LogP contribution in [0.3, 0.4) is 0 Å². The van der Waals surface area contributed by atoms with Crippen molar-refractivity contribution in [1.29, 1.82) is 0 Å². The molecule has 0 unspecified atom stereocenters. The number of hydrogen-bond donors (Lipinski definition) is 2. The lowest BCUT2D eigenvalue weighted by Gasteiger charge is -2.07. The van der Waals surface area contributed by atoms with Gasteiger partial charge in [-0.15, -0.1) is 0 Å². The van der Waals surface area contributed by atoms with Crippen molar-refractivity contribution in [1.82, 2.24) is 0 Å². The highest BCUT2D eigenvalue weighted by molar-refractivity contribution is 6.08. The van der Waals surface area contributed by atoms with E-state index in [0.717, 1.165) is 6.07 Å².